The number of benzene rings is 1. The van der Waals surface area contributed by atoms with E-state index in [4.69, 9.17) is 10.5 Å². The van der Waals surface area contributed by atoms with Crippen molar-refractivity contribution in [1.29, 1.82) is 0 Å². The Morgan fingerprint density at radius 3 is 3.00 bits per heavy atom. The number of ether oxygens (including phenoxy) is 1. The molecule has 0 radical (unpaired) electrons. The Hall–Kier alpha value is -0.450. The first-order valence-electron chi connectivity index (χ1n) is 6.49. The van der Waals surface area contributed by atoms with E-state index in [9.17, 15) is 4.39 Å². The van der Waals surface area contributed by atoms with Crippen LogP contribution in [-0.2, 0) is 4.74 Å². The third kappa shape index (κ3) is 3.77. The molecule has 2 nitrogen and oxygen atoms in total. The summed E-state index contributed by atoms with van der Waals surface area (Å²) < 4.78 is 20.2. The van der Waals surface area contributed by atoms with Crippen molar-refractivity contribution in [2.45, 2.75) is 44.2 Å². The summed E-state index contributed by atoms with van der Waals surface area (Å²) in [7, 11) is 0. The topological polar surface area (TPSA) is 35.2 Å². The first-order valence-corrected chi connectivity index (χ1v) is 7.28. The molecule has 0 aliphatic carbocycles. The minimum absolute atomic E-state index is 0.227. The van der Waals surface area contributed by atoms with Gasteiger partial charge < -0.3 is 10.5 Å². The highest BCUT2D eigenvalue weighted by Crippen LogP contribution is 2.25. The zero-order valence-corrected chi connectivity index (χ0v) is 12.0. The van der Waals surface area contributed by atoms with E-state index in [2.05, 4.69) is 15.9 Å². The van der Waals surface area contributed by atoms with E-state index in [0.29, 0.717) is 11.7 Å². The summed E-state index contributed by atoms with van der Waals surface area (Å²) in [5.41, 5.74) is 6.65. The van der Waals surface area contributed by atoms with Gasteiger partial charge in [0.1, 0.15) is 5.82 Å². The van der Waals surface area contributed by atoms with Crippen LogP contribution in [0.1, 0.15) is 43.7 Å². The van der Waals surface area contributed by atoms with E-state index >= 15 is 0 Å². The average Bonchev–Trinajstić information content (AvgIpc) is 2.40. The summed E-state index contributed by atoms with van der Waals surface area (Å²) in [4.78, 5) is 0. The minimum atomic E-state index is -0.256. The predicted octanol–water partition coefficient (Wildman–Crippen LogP) is 3.94. The first kappa shape index (κ1) is 14.0. The maximum Gasteiger partial charge on any atom is 0.128 e. The molecule has 1 aromatic carbocycles. The number of nitrogens with two attached hydrogens (primary N) is 1. The zero-order chi connectivity index (χ0) is 13.0. The second-order valence-corrected chi connectivity index (χ2v) is 5.75. The molecule has 1 aliphatic heterocycles. The van der Waals surface area contributed by atoms with Crippen LogP contribution in [0.15, 0.2) is 22.7 Å². The van der Waals surface area contributed by atoms with Gasteiger partial charge in [0.25, 0.3) is 0 Å². The lowest BCUT2D eigenvalue weighted by molar-refractivity contribution is 0.00908. The van der Waals surface area contributed by atoms with Gasteiger partial charge in [-0.1, -0.05) is 15.9 Å². The van der Waals surface area contributed by atoms with Crippen LogP contribution in [0.2, 0.25) is 0 Å². The number of halogens is 2. The largest absolute Gasteiger partial charge is 0.378 e. The van der Waals surface area contributed by atoms with Crippen LogP contribution in [0, 0.1) is 5.82 Å². The number of hydrogen-bond acceptors (Lipinski definition) is 2. The van der Waals surface area contributed by atoms with Crippen molar-refractivity contribution in [3.05, 3.63) is 34.1 Å². The van der Waals surface area contributed by atoms with E-state index in [1.165, 1.54) is 12.5 Å². The molecule has 2 N–H and O–H groups in total. The summed E-state index contributed by atoms with van der Waals surface area (Å²) in [6.07, 6.45) is 5.47. The molecule has 0 spiro atoms. The molecule has 1 aromatic rings. The molecule has 18 heavy (non-hydrogen) atoms. The molecule has 1 saturated heterocycles. The zero-order valence-electron chi connectivity index (χ0n) is 10.4. The molecule has 0 saturated carbocycles. The molecule has 0 bridgehead atoms. The normalized spacial score (nSPS) is 21.8. The fourth-order valence-electron chi connectivity index (χ4n) is 2.35. The van der Waals surface area contributed by atoms with E-state index in [1.807, 2.05) is 0 Å². The van der Waals surface area contributed by atoms with E-state index < -0.39 is 0 Å². The lowest BCUT2D eigenvalue weighted by atomic mass is 9.97. The number of hydrogen-bond donors (Lipinski definition) is 1. The third-order valence-electron chi connectivity index (χ3n) is 3.43. The molecule has 4 heteroatoms. The molecule has 2 unspecified atom stereocenters. The Morgan fingerprint density at radius 1 is 1.44 bits per heavy atom. The molecular formula is C14H19BrFNO. The van der Waals surface area contributed by atoms with Crippen LogP contribution in [-0.4, -0.2) is 12.7 Å². The monoisotopic (exact) mass is 315 g/mol. The summed E-state index contributed by atoms with van der Waals surface area (Å²) in [5, 5.41) is 0. The van der Waals surface area contributed by atoms with Crippen LogP contribution in [0.5, 0.6) is 0 Å². The van der Waals surface area contributed by atoms with E-state index in [-0.39, 0.29) is 11.9 Å². The van der Waals surface area contributed by atoms with Gasteiger partial charge in [-0.2, -0.15) is 0 Å². The Bertz CT molecular complexity index is 393. The summed E-state index contributed by atoms with van der Waals surface area (Å²) in [5.74, 6) is -0.227. The molecule has 0 aromatic heterocycles. The fourth-order valence-corrected chi connectivity index (χ4v) is 2.73. The highest BCUT2D eigenvalue weighted by atomic mass is 79.9. The van der Waals surface area contributed by atoms with Gasteiger partial charge in [0, 0.05) is 22.7 Å². The van der Waals surface area contributed by atoms with E-state index in [0.717, 1.165) is 36.8 Å². The summed E-state index contributed by atoms with van der Waals surface area (Å²) in [6, 6.07) is 4.65. The van der Waals surface area contributed by atoms with Gasteiger partial charge in [-0.15, -0.1) is 0 Å². The Kier molecular flexibility index (Phi) is 5.15. The molecule has 100 valence electrons. The second kappa shape index (κ2) is 6.64. The van der Waals surface area contributed by atoms with Gasteiger partial charge in [-0.05, 0) is 50.3 Å². The van der Waals surface area contributed by atoms with Crippen molar-refractivity contribution < 1.29 is 9.13 Å². The smallest absolute Gasteiger partial charge is 0.128 e. The van der Waals surface area contributed by atoms with Gasteiger partial charge in [-0.3, -0.25) is 0 Å². The van der Waals surface area contributed by atoms with Crippen LogP contribution in [0.3, 0.4) is 0 Å². The van der Waals surface area contributed by atoms with Crippen LogP contribution >= 0.6 is 15.9 Å². The van der Waals surface area contributed by atoms with Crippen molar-refractivity contribution in [2.24, 2.45) is 5.73 Å². The predicted molar refractivity (Wildman–Crippen MR) is 73.9 cm³/mol. The number of rotatable bonds is 4. The average molecular weight is 316 g/mol. The van der Waals surface area contributed by atoms with E-state index in [1.54, 1.807) is 12.1 Å². The van der Waals surface area contributed by atoms with Gasteiger partial charge in [0.15, 0.2) is 0 Å². The second-order valence-electron chi connectivity index (χ2n) is 4.84. The SMILES string of the molecule is NC(CCC1CCCCO1)c1cc(Br)ccc1F. The maximum absolute atomic E-state index is 13.7. The van der Waals surface area contributed by atoms with Crippen molar-refractivity contribution in [3.8, 4) is 0 Å². The standard InChI is InChI=1S/C14H19BrFNO/c15-10-4-6-13(16)12(9-10)14(17)7-5-11-3-1-2-8-18-11/h4,6,9,11,14H,1-3,5,7-8,17H2. The summed E-state index contributed by atoms with van der Waals surface area (Å²) in [6.45, 7) is 0.852. The lowest BCUT2D eigenvalue weighted by Gasteiger charge is -2.24. The first-order chi connectivity index (χ1) is 8.66. The van der Waals surface area contributed by atoms with Gasteiger partial charge in [0.05, 0.1) is 6.10 Å². The molecule has 1 fully saturated rings. The lowest BCUT2D eigenvalue weighted by Crippen LogP contribution is -2.21. The molecule has 2 atom stereocenters. The van der Waals surface area contributed by atoms with Gasteiger partial charge in [0.2, 0.25) is 0 Å². The highest BCUT2D eigenvalue weighted by Gasteiger charge is 2.17. The third-order valence-corrected chi connectivity index (χ3v) is 3.92. The van der Waals surface area contributed by atoms with Crippen molar-refractivity contribution >= 4 is 15.9 Å². The molecule has 1 aliphatic rings. The maximum atomic E-state index is 13.7. The molecule has 1 heterocycles. The Morgan fingerprint density at radius 2 is 2.28 bits per heavy atom. The van der Waals surface area contributed by atoms with Gasteiger partial charge in [-0.25, -0.2) is 4.39 Å². The van der Waals surface area contributed by atoms with Crippen molar-refractivity contribution in [2.75, 3.05) is 6.61 Å². The van der Waals surface area contributed by atoms with Crippen molar-refractivity contribution in [3.63, 3.8) is 0 Å². The molecule has 0 amide bonds. The Balaban J connectivity index is 1.90. The fraction of sp³-hybridized carbons (Fsp3) is 0.571. The molecule has 2 rings (SSSR count). The molecular weight excluding hydrogens is 297 g/mol. The quantitative estimate of drug-likeness (QED) is 0.913. The highest BCUT2D eigenvalue weighted by molar-refractivity contribution is 9.10. The van der Waals surface area contributed by atoms with Crippen molar-refractivity contribution in [1.82, 2.24) is 0 Å². The van der Waals surface area contributed by atoms with Crippen LogP contribution < -0.4 is 5.73 Å². The van der Waals surface area contributed by atoms with Gasteiger partial charge >= 0.3 is 0 Å². The van der Waals surface area contributed by atoms with Crippen LogP contribution in [0.25, 0.3) is 0 Å². The van der Waals surface area contributed by atoms with Crippen LogP contribution in [0.4, 0.5) is 4.39 Å². The Labute approximate surface area is 116 Å². The summed E-state index contributed by atoms with van der Waals surface area (Å²) >= 11 is 3.35. The minimum Gasteiger partial charge on any atom is -0.378 e.